The molecule has 20 heavy (non-hydrogen) atoms. The predicted octanol–water partition coefficient (Wildman–Crippen LogP) is 1.30. The van der Waals surface area contributed by atoms with Gasteiger partial charge in [0.25, 0.3) is 0 Å². The van der Waals surface area contributed by atoms with Gasteiger partial charge in [-0.25, -0.2) is 13.1 Å². The van der Waals surface area contributed by atoms with Gasteiger partial charge in [-0.1, -0.05) is 30.9 Å². The quantitative estimate of drug-likeness (QED) is 0.631. The van der Waals surface area contributed by atoms with Crippen LogP contribution in [-0.4, -0.2) is 31.3 Å². The molecule has 0 unspecified atom stereocenters. The van der Waals surface area contributed by atoms with Crippen molar-refractivity contribution in [2.45, 2.75) is 18.9 Å². The lowest BCUT2D eigenvalue weighted by atomic mass is 10.1. The first-order valence-electron chi connectivity index (χ1n) is 6.17. The molecule has 0 heterocycles. The molecule has 0 radical (unpaired) electrons. The Morgan fingerprint density at radius 1 is 1.30 bits per heavy atom. The lowest BCUT2D eigenvalue weighted by Gasteiger charge is -2.14. The van der Waals surface area contributed by atoms with E-state index in [2.05, 4.69) is 11.3 Å². The topological polar surface area (TPSA) is 86.6 Å². The van der Waals surface area contributed by atoms with Gasteiger partial charge in [0, 0.05) is 11.4 Å². The van der Waals surface area contributed by atoms with E-state index in [0.29, 0.717) is 12.8 Å². The summed E-state index contributed by atoms with van der Waals surface area (Å²) in [5.41, 5.74) is 0.960. The Balaban J connectivity index is 2.57. The molecule has 0 bridgehead atoms. The van der Waals surface area contributed by atoms with Crippen LogP contribution in [0.3, 0.4) is 0 Å². The summed E-state index contributed by atoms with van der Waals surface area (Å²) in [6.45, 7) is 3.12. The maximum atomic E-state index is 11.6. The van der Waals surface area contributed by atoms with Crippen molar-refractivity contribution in [3.05, 3.63) is 54.0 Å². The summed E-state index contributed by atoms with van der Waals surface area (Å²) in [7, 11) is -3.57. The van der Waals surface area contributed by atoms with Crippen molar-refractivity contribution in [1.29, 1.82) is 0 Å². The van der Waals surface area contributed by atoms with Gasteiger partial charge >= 0.3 is 0 Å². The molecule has 3 N–H and O–H groups in total. The summed E-state index contributed by atoms with van der Waals surface area (Å²) < 4.78 is 25.6. The first kappa shape index (κ1) is 16.4. The molecular formula is C14H19NO4S. The number of nitrogens with one attached hydrogen (secondary N) is 1. The van der Waals surface area contributed by atoms with Gasteiger partial charge in [-0.3, -0.25) is 0 Å². The number of benzene rings is 1. The van der Waals surface area contributed by atoms with E-state index in [0.717, 1.165) is 11.0 Å². The summed E-state index contributed by atoms with van der Waals surface area (Å²) in [6, 6.07) is 6.11. The van der Waals surface area contributed by atoms with E-state index in [1.165, 1.54) is 12.2 Å². The van der Waals surface area contributed by atoms with E-state index in [9.17, 15) is 13.5 Å². The molecule has 5 nitrogen and oxygen atoms in total. The van der Waals surface area contributed by atoms with Crippen molar-refractivity contribution in [3.63, 3.8) is 0 Å². The van der Waals surface area contributed by atoms with Crippen LogP contribution in [0, 0.1) is 0 Å². The van der Waals surface area contributed by atoms with Gasteiger partial charge in [0.05, 0.1) is 6.61 Å². The summed E-state index contributed by atoms with van der Waals surface area (Å²) in [6.07, 6.45) is 3.74. The summed E-state index contributed by atoms with van der Waals surface area (Å²) in [5, 5.41) is 19.4. The second-order valence-electron chi connectivity index (χ2n) is 4.31. The highest BCUT2D eigenvalue weighted by molar-refractivity contribution is 7.92. The third-order valence-electron chi connectivity index (χ3n) is 2.66. The smallest absolute Gasteiger partial charge is 0.234 e. The Hall–Kier alpha value is -1.63. The average Bonchev–Trinajstić information content (AvgIpc) is 2.43. The molecule has 0 aliphatic rings. The maximum Gasteiger partial charge on any atom is 0.234 e. The van der Waals surface area contributed by atoms with Gasteiger partial charge in [0.2, 0.25) is 10.0 Å². The van der Waals surface area contributed by atoms with E-state index in [1.54, 1.807) is 24.3 Å². The highest BCUT2D eigenvalue weighted by atomic mass is 32.2. The van der Waals surface area contributed by atoms with Crippen molar-refractivity contribution in [2.24, 2.45) is 0 Å². The molecule has 0 fully saturated rings. The molecule has 110 valence electrons. The van der Waals surface area contributed by atoms with Crippen molar-refractivity contribution in [3.8, 4) is 5.75 Å². The fourth-order valence-electron chi connectivity index (χ4n) is 1.62. The Morgan fingerprint density at radius 2 is 1.95 bits per heavy atom. The number of aryl methyl sites for hydroxylation is 1. The average molecular weight is 297 g/mol. The van der Waals surface area contributed by atoms with Crippen LogP contribution in [0.15, 0.2) is 48.4 Å². The van der Waals surface area contributed by atoms with Gasteiger partial charge in [-0.2, -0.15) is 0 Å². The first-order chi connectivity index (χ1) is 9.46. The number of hydrogen-bond acceptors (Lipinski definition) is 4. The molecule has 0 spiro atoms. The fourth-order valence-corrected chi connectivity index (χ4v) is 2.68. The third-order valence-corrected chi connectivity index (χ3v) is 3.84. The molecule has 1 atom stereocenters. The molecule has 0 saturated heterocycles. The number of sulfonamides is 1. The zero-order valence-corrected chi connectivity index (χ0v) is 11.9. The minimum Gasteiger partial charge on any atom is -0.508 e. The van der Waals surface area contributed by atoms with Crippen LogP contribution in [0.2, 0.25) is 0 Å². The molecule has 0 aliphatic carbocycles. The number of allylic oxidation sites excluding steroid dienone is 2. The van der Waals surface area contributed by atoms with Crippen LogP contribution in [-0.2, 0) is 16.4 Å². The minimum atomic E-state index is -3.57. The van der Waals surface area contributed by atoms with Crippen molar-refractivity contribution in [2.75, 3.05) is 6.61 Å². The van der Waals surface area contributed by atoms with Crippen LogP contribution < -0.4 is 4.72 Å². The number of phenols is 1. The third kappa shape index (κ3) is 6.01. The molecule has 1 aromatic carbocycles. The molecule has 1 aromatic rings. The van der Waals surface area contributed by atoms with Crippen LogP contribution in [0.25, 0.3) is 0 Å². The second-order valence-corrected chi connectivity index (χ2v) is 5.91. The number of rotatable bonds is 8. The second kappa shape index (κ2) is 7.84. The highest BCUT2D eigenvalue weighted by Gasteiger charge is 2.14. The van der Waals surface area contributed by atoms with Gasteiger partial charge in [-0.05, 0) is 30.5 Å². The van der Waals surface area contributed by atoms with Gasteiger partial charge in [-0.15, -0.1) is 0 Å². The minimum absolute atomic E-state index is 0.183. The van der Waals surface area contributed by atoms with E-state index in [1.807, 2.05) is 0 Å². The monoisotopic (exact) mass is 297 g/mol. The molecule has 6 heteroatoms. The van der Waals surface area contributed by atoms with Gasteiger partial charge in [0.15, 0.2) is 0 Å². The zero-order chi connectivity index (χ0) is 15.0. The molecular weight excluding hydrogens is 278 g/mol. The normalized spacial score (nSPS) is 13.4. The van der Waals surface area contributed by atoms with E-state index < -0.39 is 16.1 Å². The van der Waals surface area contributed by atoms with Crippen molar-refractivity contribution in [1.82, 2.24) is 4.72 Å². The fraction of sp³-hybridized carbons (Fsp3) is 0.286. The lowest BCUT2D eigenvalue weighted by molar-refractivity contribution is 0.251. The predicted molar refractivity (Wildman–Crippen MR) is 78.7 cm³/mol. The Labute approximate surface area is 119 Å². The van der Waals surface area contributed by atoms with E-state index >= 15 is 0 Å². The van der Waals surface area contributed by atoms with E-state index in [4.69, 9.17) is 5.11 Å². The molecule has 0 aliphatic heterocycles. The zero-order valence-electron chi connectivity index (χ0n) is 11.1. The molecule has 0 amide bonds. The summed E-state index contributed by atoms with van der Waals surface area (Å²) in [4.78, 5) is 0. The van der Waals surface area contributed by atoms with Crippen LogP contribution >= 0.6 is 0 Å². The number of phenolic OH excluding ortho intramolecular Hbond substituents is 1. The maximum absolute atomic E-state index is 11.6. The Morgan fingerprint density at radius 3 is 2.50 bits per heavy atom. The standard InChI is InChI=1S/C14H19NO4S/c1-2-3-10-20(18,19)15-13(11-16)7-4-12-5-8-14(17)9-6-12/h2-3,5-6,8-10,13,15-17H,1,4,7,11H2/b10-3+/t13-/m0/s1. The molecule has 0 aromatic heterocycles. The SMILES string of the molecule is C=C/C=C/S(=O)(=O)N[C@H](CO)CCc1ccc(O)cc1. The van der Waals surface area contributed by atoms with Gasteiger partial charge in [0.1, 0.15) is 5.75 Å². The van der Waals surface area contributed by atoms with Crippen molar-refractivity contribution >= 4 is 10.0 Å². The Bertz CT molecular complexity index is 549. The highest BCUT2D eigenvalue weighted by Crippen LogP contribution is 2.12. The number of aliphatic hydroxyl groups is 1. The number of hydrogen-bond donors (Lipinski definition) is 3. The van der Waals surface area contributed by atoms with Crippen LogP contribution in [0.5, 0.6) is 5.75 Å². The molecule has 1 rings (SSSR count). The number of aromatic hydroxyl groups is 1. The summed E-state index contributed by atoms with van der Waals surface area (Å²) in [5.74, 6) is 0.183. The summed E-state index contributed by atoms with van der Waals surface area (Å²) >= 11 is 0. The van der Waals surface area contributed by atoms with Gasteiger partial charge < -0.3 is 10.2 Å². The van der Waals surface area contributed by atoms with Crippen LogP contribution in [0.1, 0.15) is 12.0 Å². The largest absolute Gasteiger partial charge is 0.508 e. The van der Waals surface area contributed by atoms with Crippen molar-refractivity contribution < 1.29 is 18.6 Å². The number of aliphatic hydroxyl groups excluding tert-OH is 1. The van der Waals surface area contributed by atoms with E-state index in [-0.39, 0.29) is 12.4 Å². The Kier molecular flexibility index (Phi) is 6.44. The molecule has 0 saturated carbocycles. The lowest BCUT2D eigenvalue weighted by Crippen LogP contribution is -2.36. The first-order valence-corrected chi connectivity index (χ1v) is 7.71. The van der Waals surface area contributed by atoms with Crippen LogP contribution in [0.4, 0.5) is 0 Å².